The normalized spacial score (nSPS) is 11.5. The van der Waals surface area contributed by atoms with Crippen molar-refractivity contribution in [2.75, 3.05) is 0 Å². The van der Waals surface area contributed by atoms with E-state index in [9.17, 15) is 0 Å². The molecule has 15 nitrogen and oxygen atoms in total. The van der Waals surface area contributed by atoms with Crippen LogP contribution in [0.15, 0.2) is 254 Å². The second-order valence-corrected chi connectivity index (χ2v) is 30.7. The van der Waals surface area contributed by atoms with Crippen LogP contribution in [0.2, 0.25) is 0 Å². The molecular formula is C99H93N10O5+5. The molecule has 0 spiro atoms. The molecule has 0 aliphatic rings. The van der Waals surface area contributed by atoms with Crippen LogP contribution in [0.25, 0.3) is 167 Å². The topological polar surface area (TPSA) is 150 Å². The summed E-state index contributed by atoms with van der Waals surface area (Å²) in [4.78, 5) is 21.8. The lowest BCUT2D eigenvalue weighted by Crippen LogP contribution is -2.32. The van der Waals surface area contributed by atoms with E-state index in [1.807, 2.05) is 36.4 Å². The summed E-state index contributed by atoms with van der Waals surface area (Å²) in [6, 6.07) is 58.8. The molecule has 15 aromatic heterocycles. The predicted molar refractivity (Wildman–Crippen MR) is 457 cm³/mol. The third-order valence-electron chi connectivity index (χ3n) is 22.2. The zero-order valence-corrected chi connectivity index (χ0v) is 68.0. The summed E-state index contributed by atoms with van der Waals surface area (Å²) < 4.78 is 41.4. The number of hydrogen-bond donors (Lipinski definition) is 0. The van der Waals surface area contributed by atoms with Gasteiger partial charge in [0, 0.05) is 143 Å². The van der Waals surface area contributed by atoms with E-state index in [4.69, 9.17) is 22.1 Å². The Kier molecular flexibility index (Phi) is 19.9. The molecule has 5 aromatic carbocycles. The number of hydrogen-bond acceptors (Lipinski definition) is 10. The van der Waals surface area contributed by atoms with Crippen LogP contribution in [0, 0.1) is 76.2 Å². The van der Waals surface area contributed by atoms with Crippen molar-refractivity contribution in [3.63, 3.8) is 0 Å². The standard InChI is InChI=1S/C22H23N2O.2C20H19N2O.C19H17N2O.C18H15N2O/c1-13(2)18-11-19(24(5)12-15(18)4)20-14(3)8-9-16-17-7-6-10-23-22(17)25-21(16)20;1-12-7-8-15-16-6-5-9-21-20(16)23-19(15)18(12)17-10-13(2)14(3)11-22(17)4;1-12-7-8-16(22(4)11-12)18-14(3)10-13(2)17-15-6-5-9-21-20(15)23-19(17)18;1-12-6-9-16(21(3)11-12)17-13(2)7-8-14-15-5-4-10-20-19(15)22-18(14)17;1-12-8-9-13-14-6-5-10-19-18(14)21-17(13)16(12)15-7-3-4-11-20(15)2/h6-13H,1-5H3;2*5-11H,1-4H3;4-11H,1-3H3;3-11H,1-2H3/q5*+1. The Bertz CT molecular complexity index is 7190. The molecule has 0 saturated heterocycles. The van der Waals surface area contributed by atoms with Gasteiger partial charge in [-0.1, -0.05) is 68.4 Å². The number of benzene rings is 5. The summed E-state index contributed by atoms with van der Waals surface area (Å²) in [6.45, 7) is 27.9. The first-order chi connectivity index (χ1) is 55.0. The van der Waals surface area contributed by atoms with Gasteiger partial charge in [0.25, 0.3) is 0 Å². The van der Waals surface area contributed by atoms with Crippen molar-refractivity contribution >= 4 is 110 Å². The predicted octanol–water partition coefficient (Wildman–Crippen LogP) is 21.9. The first-order valence-corrected chi connectivity index (χ1v) is 38.7. The molecule has 114 heavy (non-hydrogen) atoms. The molecule has 0 unspecified atom stereocenters. The third-order valence-corrected chi connectivity index (χ3v) is 22.2. The Morgan fingerprint density at radius 1 is 0.254 bits per heavy atom. The van der Waals surface area contributed by atoms with Crippen molar-refractivity contribution in [2.45, 2.75) is 95.9 Å². The SMILES string of the molecule is Cc1c[n+](C)c(-c2c(C)ccc3c2oc2ncccc23)cc1C(C)C.Cc1cc(-c2c(C)ccc3c2oc2ncccc23)[n+](C)cc1C.Cc1ccc(-c2c(C)cc(C)c3c2oc2ncccc23)[n+](C)c1.Cc1ccc(-c2c(C)ccc3c2oc2ncccc23)[n+](C)c1.Cc1ccc2c(oc3ncccc32)c1-c1cccc[n+]1C. The van der Waals surface area contributed by atoms with Crippen LogP contribution in [0.4, 0.5) is 0 Å². The van der Waals surface area contributed by atoms with Gasteiger partial charge >= 0.3 is 0 Å². The lowest BCUT2D eigenvalue weighted by atomic mass is 9.94. The van der Waals surface area contributed by atoms with Gasteiger partial charge in [0.1, 0.15) is 35.2 Å². The molecule has 20 aromatic rings. The van der Waals surface area contributed by atoms with Crippen LogP contribution >= 0.6 is 0 Å². The van der Waals surface area contributed by atoms with Gasteiger partial charge < -0.3 is 22.1 Å². The summed E-state index contributed by atoms with van der Waals surface area (Å²) in [5.74, 6) is 0.483. The summed E-state index contributed by atoms with van der Waals surface area (Å²) in [5, 5.41) is 11.0. The molecule has 0 saturated carbocycles. The molecule has 564 valence electrons. The Hall–Kier alpha value is -13.4. The molecule has 15 heterocycles. The minimum absolute atomic E-state index is 0.483. The minimum atomic E-state index is 0.483. The van der Waals surface area contributed by atoms with E-state index < -0.39 is 0 Å². The van der Waals surface area contributed by atoms with Gasteiger partial charge in [-0.25, -0.2) is 47.8 Å². The molecule has 0 amide bonds. The van der Waals surface area contributed by atoms with Gasteiger partial charge in [-0.15, -0.1) is 0 Å². The van der Waals surface area contributed by atoms with Crippen LogP contribution in [-0.2, 0) is 35.2 Å². The number of furan rings is 5. The highest BCUT2D eigenvalue weighted by molar-refractivity contribution is 6.13. The van der Waals surface area contributed by atoms with E-state index in [0.717, 1.165) is 132 Å². The van der Waals surface area contributed by atoms with E-state index in [1.54, 1.807) is 31.0 Å². The first kappa shape index (κ1) is 74.7. The van der Waals surface area contributed by atoms with Crippen molar-refractivity contribution in [3.05, 3.63) is 299 Å². The number of nitrogens with zero attached hydrogens (tertiary/aromatic N) is 10. The van der Waals surface area contributed by atoms with Gasteiger partial charge in [-0.05, 0) is 205 Å². The highest BCUT2D eigenvalue weighted by Crippen LogP contribution is 2.43. The molecule has 0 aliphatic heterocycles. The van der Waals surface area contributed by atoms with E-state index >= 15 is 0 Å². The Balaban J connectivity index is 0.000000107. The summed E-state index contributed by atoms with van der Waals surface area (Å²) in [6.07, 6.45) is 19.6. The average Bonchev–Trinajstić information content (AvgIpc) is 1.61. The second-order valence-electron chi connectivity index (χ2n) is 30.7. The fourth-order valence-corrected chi connectivity index (χ4v) is 16.4. The van der Waals surface area contributed by atoms with Crippen LogP contribution in [0.5, 0.6) is 0 Å². The lowest BCUT2D eigenvalue weighted by molar-refractivity contribution is -0.660. The second kappa shape index (κ2) is 30.4. The smallest absolute Gasteiger partial charge is 0.227 e. The maximum absolute atomic E-state index is 6.18. The van der Waals surface area contributed by atoms with Gasteiger partial charge in [-0.2, -0.15) is 0 Å². The number of aryl methyl sites for hydroxylation is 16. The number of pyridine rings is 10. The Morgan fingerprint density at radius 3 is 0.991 bits per heavy atom. The fourth-order valence-electron chi connectivity index (χ4n) is 16.4. The Morgan fingerprint density at radius 2 is 0.596 bits per heavy atom. The molecular weight excluding hydrogens is 1410 g/mol. The molecule has 0 aliphatic carbocycles. The van der Waals surface area contributed by atoms with E-state index in [0.29, 0.717) is 34.5 Å². The van der Waals surface area contributed by atoms with Crippen molar-refractivity contribution in [2.24, 2.45) is 35.2 Å². The molecule has 0 N–H and O–H groups in total. The maximum Gasteiger partial charge on any atom is 0.227 e. The van der Waals surface area contributed by atoms with Gasteiger partial charge in [-0.3, -0.25) is 0 Å². The summed E-state index contributed by atoms with van der Waals surface area (Å²) >= 11 is 0. The molecule has 0 radical (unpaired) electrons. The van der Waals surface area contributed by atoms with Gasteiger partial charge in [0.05, 0.1) is 27.8 Å². The molecule has 0 atom stereocenters. The summed E-state index contributed by atoms with van der Waals surface area (Å²) in [5.41, 5.74) is 34.5. The van der Waals surface area contributed by atoms with Crippen LogP contribution in [0.1, 0.15) is 86.5 Å². The van der Waals surface area contributed by atoms with Crippen molar-refractivity contribution in [1.29, 1.82) is 0 Å². The van der Waals surface area contributed by atoms with Crippen LogP contribution in [0.3, 0.4) is 0 Å². The largest absolute Gasteiger partial charge is 0.437 e. The lowest BCUT2D eigenvalue weighted by Gasteiger charge is -2.12. The quantitative estimate of drug-likeness (QED) is 0.147. The minimum Gasteiger partial charge on any atom is -0.437 e. The number of aromatic nitrogens is 10. The summed E-state index contributed by atoms with van der Waals surface area (Å²) in [7, 11) is 10.4. The number of rotatable bonds is 6. The van der Waals surface area contributed by atoms with E-state index in [2.05, 4.69) is 337 Å². The first-order valence-electron chi connectivity index (χ1n) is 38.7. The molecule has 20 rings (SSSR count). The van der Waals surface area contributed by atoms with Gasteiger partial charge in [0.15, 0.2) is 58.9 Å². The Labute approximate surface area is 662 Å². The van der Waals surface area contributed by atoms with Crippen LogP contribution in [-0.4, -0.2) is 24.9 Å². The molecule has 0 fully saturated rings. The van der Waals surface area contributed by atoms with Crippen molar-refractivity contribution in [1.82, 2.24) is 24.9 Å². The average molecular weight is 1500 g/mol. The van der Waals surface area contributed by atoms with Gasteiger partial charge in [0.2, 0.25) is 57.0 Å². The zero-order chi connectivity index (χ0) is 79.7. The monoisotopic (exact) mass is 1500 g/mol. The highest BCUT2D eigenvalue weighted by Gasteiger charge is 2.28. The molecule has 0 bridgehead atoms. The fraction of sp³-hybridized carbons (Fsp3) is 0.192. The third kappa shape index (κ3) is 13.6. The zero-order valence-electron chi connectivity index (χ0n) is 68.0. The van der Waals surface area contributed by atoms with E-state index in [1.165, 1.54) is 72.5 Å². The van der Waals surface area contributed by atoms with E-state index in [-0.39, 0.29) is 0 Å². The maximum atomic E-state index is 6.18. The van der Waals surface area contributed by atoms with Crippen molar-refractivity contribution in [3.8, 4) is 56.3 Å². The molecule has 15 heteroatoms. The number of fused-ring (bicyclic) bond motifs is 15. The van der Waals surface area contributed by atoms with Crippen molar-refractivity contribution < 1.29 is 44.9 Å². The van der Waals surface area contributed by atoms with Crippen LogP contribution < -0.4 is 22.8 Å². The highest BCUT2D eigenvalue weighted by atomic mass is 16.4.